The van der Waals surface area contributed by atoms with Crippen LogP contribution in [-0.4, -0.2) is 57.0 Å². The van der Waals surface area contributed by atoms with E-state index in [-0.39, 0.29) is 45.8 Å². The summed E-state index contributed by atoms with van der Waals surface area (Å²) in [6.07, 6.45) is 3.22. The van der Waals surface area contributed by atoms with Crippen molar-refractivity contribution < 1.29 is 36.7 Å². The molecule has 0 radical (unpaired) electrons. The summed E-state index contributed by atoms with van der Waals surface area (Å²) in [5, 5.41) is 13.7. The highest BCUT2D eigenvalue weighted by Crippen LogP contribution is 2.58. The van der Waals surface area contributed by atoms with Gasteiger partial charge in [-0.1, -0.05) is 17.3 Å². The van der Waals surface area contributed by atoms with Crippen LogP contribution >= 0.6 is 11.5 Å². The van der Waals surface area contributed by atoms with Gasteiger partial charge in [-0.2, -0.15) is 4.37 Å². The Morgan fingerprint density at radius 1 is 1.13 bits per heavy atom. The zero-order valence-electron chi connectivity index (χ0n) is 25.0. The van der Waals surface area contributed by atoms with E-state index >= 15 is 4.39 Å². The fraction of sp³-hybridized carbons (Fsp3) is 0.485. The summed E-state index contributed by atoms with van der Waals surface area (Å²) in [6.45, 7) is 0.511. The molecular formula is C33H32F4N4O4S. The average Bonchev–Trinajstić information content (AvgIpc) is 3.48. The molecule has 46 heavy (non-hydrogen) atoms. The summed E-state index contributed by atoms with van der Waals surface area (Å²) in [5.74, 6) is -1.08. The molecule has 2 aliphatic carbocycles. The molecule has 1 N–H and O–H groups in total. The first-order valence-corrected chi connectivity index (χ1v) is 16.4. The number of anilines is 1. The Hall–Kier alpha value is -3.71. The largest absolute Gasteiger partial charge is 0.573 e. The molecule has 4 aliphatic rings. The summed E-state index contributed by atoms with van der Waals surface area (Å²) in [6, 6.07) is 10.3. The minimum Gasteiger partial charge on any atom is -0.476 e. The minimum atomic E-state index is -4.82. The van der Waals surface area contributed by atoms with Gasteiger partial charge in [0.1, 0.15) is 23.0 Å². The van der Waals surface area contributed by atoms with E-state index in [0.29, 0.717) is 23.0 Å². The van der Waals surface area contributed by atoms with Gasteiger partial charge in [0.05, 0.1) is 10.1 Å². The number of hydrogen-bond donors (Lipinski definition) is 1. The van der Waals surface area contributed by atoms with Crippen molar-refractivity contribution in [3.63, 3.8) is 0 Å². The van der Waals surface area contributed by atoms with Crippen LogP contribution in [0.25, 0.3) is 21.3 Å². The van der Waals surface area contributed by atoms with Crippen molar-refractivity contribution in [3.05, 3.63) is 59.2 Å². The Kier molecular flexibility index (Phi) is 6.88. The van der Waals surface area contributed by atoms with Gasteiger partial charge in [0.25, 0.3) is 0 Å². The second-order valence-electron chi connectivity index (χ2n) is 13.5. The summed E-state index contributed by atoms with van der Waals surface area (Å²) < 4.78 is 69.4. The number of carboxylic acid groups (broad SMARTS) is 1. The smallest absolute Gasteiger partial charge is 0.476 e. The van der Waals surface area contributed by atoms with Crippen LogP contribution in [0.2, 0.25) is 0 Å². The maximum atomic E-state index is 15.2. The lowest BCUT2D eigenvalue weighted by Crippen LogP contribution is -2.57. The fourth-order valence-corrected chi connectivity index (χ4v) is 9.18. The van der Waals surface area contributed by atoms with Crippen LogP contribution in [-0.2, 0) is 6.54 Å². The molecule has 13 heteroatoms. The second-order valence-corrected chi connectivity index (χ2v) is 14.3. The summed E-state index contributed by atoms with van der Waals surface area (Å²) in [5.41, 5.74) is 2.23. The second kappa shape index (κ2) is 10.7. The van der Waals surface area contributed by atoms with Gasteiger partial charge in [0, 0.05) is 47.4 Å². The first-order chi connectivity index (χ1) is 22.0. The lowest BCUT2D eigenvalue weighted by atomic mass is 9.58. The third-order valence-corrected chi connectivity index (χ3v) is 11.3. The molecule has 0 amide bonds. The molecule has 2 saturated carbocycles. The van der Waals surface area contributed by atoms with E-state index in [1.807, 2.05) is 6.07 Å². The SMILES string of the molecule is CN(Cc1c(-c2ccccc2OC(F)(F)F)noc1C1CC1)C1CC2(C1)CC1CCC(C2)N1c1cc(F)c2c(C(=O)O)nsc2c1. The number of rotatable bonds is 8. The number of fused-ring (bicyclic) bond motifs is 3. The number of aromatic nitrogens is 2. The lowest BCUT2D eigenvalue weighted by Gasteiger charge is -2.57. The van der Waals surface area contributed by atoms with Crippen LogP contribution in [0.15, 0.2) is 40.9 Å². The van der Waals surface area contributed by atoms with E-state index in [1.54, 1.807) is 12.1 Å². The molecule has 2 aromatic carbocycles. The number of carboxylic acids is 1. The summed E-state index contributed by atoms with van der Waals surface area (Å²) in [4.78, 5) is 16.1. The molecule has 2 unspecified atom stereocenters. The summed E-state index contributed by atoms with van der Waals surface area (Å²) in [7, 11) is 2.06. The number of halogens is 4. The van der Waals surface area contributed by atoms with Crippen LogP contribution in [0, 0.1) is 11.2 Å². The van der Waals surface area contributed by atoms with Crippen LogP contribution in [0.1, 0.15) is 79.1 Å². The van der Waals surface area contributed by atoms with Crippen molar-refractivity contribution in [3.8, 4) is 17.0 Å². The fourth-order valence-electron chi connectivity index (χ4n) is 8.36. The number of carbonyl (C=O) groups is 1. The van der Waals surface area contributed by atoms with Crippen LogP contribution in [0.3, 0.4) is 0 Å². The predicted octanol–water partition coefficient (Wildman–Crippen LogP) is 7.98. The van der Waals surface area contributed by atoms with Crippen molar-refractivity contribution in [2.24, 2.45) is 5.41 Å². The Labute approximate surface area is 266 Å². The number of piperidine rings is 1. The van der Waals surface area contributed by atoms with E-state index in [0.717, 1.165) is 79.9 Å². The number of hydrogen-bond acceptors (Lipinski definition) is 8. The maximum Gasteiger partial charge on any atom is 0.573 e. The number of benzene rings is 2. The van der Waals surface area contributed by atoms with Crippen molar-refractivity contribution in [1.82, 2.24) is 14.4 Å². The predicted molar refractivity (Wildman–Crippen MR) is 163 cm³/mol. The molecular weight excluding hydrogens is 624 g/mol. The Balaban J connectivity index is 0.984. The third kappa shape index (κ3) is 5.11. The van der Waals surface area contributed by atoms with Crippen molar-refractivity contribution in [2.75, 3.05) is 11.9 Å². The summed E-state index contributed by atoms with van der Waals surface area (Å²) >= 11 is 1.02. The quantitative estimate of drug-likeness (QED) is 0.191. The van der Waals surface area contributed by atoms with Gasteiger partial charge in [0.2, 0.25) is 0 Å². The number of alkyl halides is 3. The van der Waals surface area contributed by atoms with Gasteiger partial charge >= 0.3 is 12.3 Å². The molecule has 2 saturated heterocycles. The van der Waals surface area contributed by atoms with Crippen LogP contribution in [0.5, 0.6) is 5.75 Å². The van der Waals surface area contributed by atoms with Gasteiger partial charge in [-0.25, -0.2) is 9.18 Å². The van der Waals surface area contributed by atoms with E-state index in [1.165, 1.54) is 18.2 Å². The van der Waals surface area contributed by atoms with Gasteiger partial charge in [-0.3, -0.25) is 4.90 Å². The molecule has 2 aromatic heterocycles. The number of para-hydroxylation sites is 1. The molecule has 8 rings (SSSR count). The maximum absolute atomic E-state index is 15.2. The monoisotopic (exact) mass is 656 g/mol. The molecule has 4 heterocycles. The van der Waals surface area contributed by atoms with Crippen molar-refractivity contribution in [1.29, 1.82) is 0 Å². The lowest BCUT2D eigenvalue weighted by molar-refractivity contribution is -0.274. The molecule has 2 bridgehead atoms. The van der Waals surface area contributed by atoms with Gasteiger partial charge in [-0.15, -0.1) is 13.2 Å². The van der Waals surface area contributed by atoms with Gasteiger partial charge in [-0.05, 0) is 99.6 Å². The Bertz CT molecular complexity index is 1810. The van der Waals surface area contributed by atoms with Crippen molar-refractivity contribution >= 4 is 33.3 Å². The zero-order valence-corrected chi connectivity index (χ0v) is 25.8. The number of nitrogens with zero attached hydrogens (tertiary/aromatic N) is 4. The van der Waals surface area contributed by atoms with E-state index in [9.17, 15) is 23.1 Å². The van der Waals surface area contributed by atoms with E-state index in [4.69, 9.17) is 4.52 Å². The number of aromatic carboxylic acids is 1. The number of ether oxygens (including phenoxy) is 1. The standard InChI is InChI=1S/C33H32F4N4O4S/c1-40(16-23-28(38-45-30(23)17-6-7-17)22-4-2-3-5-25(22)44-33(35,36)37)21-14-32(15-21)12-18-8-9-19(13-32)41(18)20-10-24(34)27-26(11-20)46-39-29(27)31(42)43/h2-5,10-11,17-19,21H,6-9,12-16H2,1H3,(H,42,43). The van der Waals surface area contributed by atoms with E-state index in [2.05, 4.69) is 31.1 Å². The highest BCUT2D eigenvalue weighted by atomic mass is 32.1. The average molecular weight is 657 g/mol. The normalized spacial score (nSPS) is 25.9. The van der Waals surface area contributed by atoms with E-state index < -0.39 is 18.1 Å². The van der Waals surface area contributed by atoms with Gasteiger partial charge < -0.3 is 19.3 Å². The van der Waals surface area contributed by atoms with Gasteiger partial charge in [0.15, 0.2) is 5.69 Å². The first kappa shape index (κ1) is 29.7. The molecule has 4 fully saturated rings. The first-order valence-electron chi connectivity index (χ1n) is 15.6. The molecule has 2 aliphatic heterocycles. The molecule has 4 aromatic rings. The van der Waals surface area contributed by atoms with Crippen LogP contribution < -0.4 is 9.64 Å². The van der Waals surface area contributed by atoms with Crippen LogP contribution in [0.4, 0.5) is 23.2 Å². The Morgan fingerprint density at radius 2 is 1.85 bits per heavy atom. The molecule has 1 spiro atoms. The molecule has 2 atom stereocenters. The Morgan fingerprint density at radius 3 is 2.52 bits per heavy atom. The molecule has 8 nitrogen and oxygen atoms in total. The zero-order chi connectivity index (χ0) is 32.0. The highest BCUT2D eigenvalue weighted by molar-refractivity contribution is 7.13. The molecule has 242 valence electrons. The highest BCUT2D eigenvalue weighted by Gasteiger charge is 2.55. The minimum absolute atomic E-state index is 0.0733. The topological polar surface area (TPSA) is 91.9 Å². The third-order valence-electron chi connectivity index (χ3n) is 10.5. The van der Waals surface area contributed by atoms with Crippen molar-refractivity contribution in [2.45, 2.75) is 88.3 Å².